The van der Waals surface area contributed by atoms with E-state index in [0.717, 1.165) is 0 Å². The van der Waals surface area contributed by atoms with Gasteiger partial charge >= 0.3 is 0 Å². The number of sulfonamides is 1. The molecule has 1 unspecified atom stereocenters. The maximum Gasteiger partial charge on any atom is 0.255 e. The molecular formula is C12H15BrN2O3S. The fourth-order valence-electron chi connectivity index (χ4n) is 2.20. The Labute approximate surface area is 121 Å². The Kier molecular flexibility index (Phi) is 4.27. The van der Waals surface area contributed by atoms with Crippen LogP contribution in [0, 0.1) is 0 Å². The van der Waals surface area contributed by atoms with Gasteiger partial charge in [0.05, 0.1) is 10.8 Å². The quantitative estimate of drug-likeness (QED) is 0.877. The van der Waals surface area contributed by atoms with Crippen molar-refractivity contribution in [2.24, 2.45) is 5.14 Å². The van der Waals surface area contributed by atoms with Crippen LogP contribution in [0.4, 0.5) is 0 Å². The number of nitrogens with two attached hydrogens (primary N) is 1. The molecule has 1 amide bonds. The molecule has 0 radical (unpaired) electrons. The first-order valence-electron chi connectivity index (χ1n) is 5.95. The second-order valence-corrected chi connectivity index (χ2v) is 7.28. The Morgan fingerprint density at radius 1 is 1.37 bits per heavy atom. The fourth-order valence-corrected chi connectivity index (χ4v) is 3.53. The molecule has 0 saturated carbocycles. The lowest BCUT2D eigenvalue weighted by atomic mass is 10.1. The van der Waals surface area contributed by atoms with Crippen molar-refractivity contribution in [3.05, 3.63) is 34.3 Å². The monoisotopic (exact) mass is 346 g/mol. The molecule has 0 aliphatic carbocycles. The van der Waals surface area contributed by atoms with Crippen molar-refractivity contribution in [1.82, 2.24) is 4.90 Å². The highest BCUT2D eigenvalue weighted by atomic mass is 79.9. The van der Waals surface area contributed by atoms with E-state index in [2.05, 4.69) is 15.9 Å². The summed E-state index contributed by atoms with van der Waals surface area (Å²) in [5, 5.41) is 4.51. The Morgan fingerprint density at radius 3 is 2.68 bits per heavy atom. The lowest BCUT2D eigenvalue weighted by molar-refractivity contribution is 0.0726. The number of hydrogen-bond donors (Lipinski definition) is 1. The minimum atomic E-state index is -3.59. The number of carbonyl (C=O) groups excluding carboxylic acids is 1. The van der Waals surface area contributed by atoms with Crippen molar-refractivity contribution >= 4 is 31.9 Å². The lowest BCUT2D eigenvalue weighted by Crippen LogP contribution is -2.47. The summed E-state index contributed by atoms with van der Waals surface area (Å²) < 4.78 is 23.5. The molecule has 1 aromatic rings. The third-order valence-electron chi connectivity index (χ3n) is 3.23. The number of benzene rings is 1. The molecule has 2 rings (SSSR count). The van der Waals surface area contributed by atoms with E-state index in [9.17, 15) is 13.2 Å². The van der Waals surface area contributed by atoms with Gasteiger partial charge in [0.2, 0.25) is 10.0 Å². The van der Waals surface area contributed by atoms with Gasteiger partial charge in [-0.25, -0.2) is 13.6 Å². The van der Waals surface area contributed by atoms with Crippen LogP contribution in [0.1, 0.15) is 23.2 Å². The molecule has 1 atom stereocenters. The Morgan fingerprint density at radius 2 is 2.05 bits per heavy atom. The topological polar surface area (TPSA) is 80.5 Å². The van der Waals surface area contributed by atoms with E-state index in [1.165, 1.54) is 0 Å². The first kappa shape index (κ1) is 14.5. The van der Waals surface area contributed by atoms with Crippen molar-refractivity contribution in [3.8, 4) is 0 Å². The van der Waals surface area contributed by atoms with Crippen LogP contribution in [0.5, 0.6) is 0 Å². The molecule has 1 aromatic carbocycles. The molecule has 5 nitrogen and oxygen atoms in total. The van der Waals surface area contributed by atoms with Crippen LogP contribution in [0.3, 0.4) is 0 Å². The van der Waals surface area contributed by atoms with Crippen LogP contribution in [0.25, 0.3) is 0 Å². The molecule has 0 aromatic heterocycles. The first-order valence-corrected chi connectivity index (χ1v) is 8.35. The van der Waals surface area contributed by atoms with E-state index in [0.29, 0.717) is 29.4 Å². The first-order chi connectivity index (χ1) is 8.89. The number of amides is 1. The average molecular weight is 347 g/mol. The Bertz CT molecular complexity index is 588. The number of halogens is 1. The zero-order valence-corrected chi connectivity index (χ0v) is 12.7. The maximum atomic E-state index is 12.4. The minimum Gasteiger partial charge on any atom is -0.337 e. The van der Waals surface area contributed by atoms with Crippen molar-refractivity contribution in [2.45, 2.75) is 18.1 Å². The van der Waals surface area contributed by atoms with Crippen molar-refractivity contribution in [2.75, 3.05) is 13.1 Å². The Balaban J connectivity index is 2.19. The summed E-state index contributed by atoms with van der Waals surface area (Å²) in [6.07, 6.45) is 1.16. The lowest BCUT2D eigenvalue weighted by Gasteiger charge is -2.31. The molecule has 104 valence electrons. The van der Waals surface area contributed by atoms with Crippen molar-refractivity contribution in [3.63, 3.8) is 0 Å². The molecule has 2 N–H and O–H groups in total. The summed E-state index contributed by atoms with van der Waals surface area (Å²) in [7, 11) is -3.59. The number of carbonyl (C=O) groups is 1. The molecule has 1 saturated heterocycles. The molecule has 7 heteroatoms. The van der Waals surface area contributed by atoms with Gasteiger partial charge in [0.25, 0.3) is 5.91 Å². The smallest absolute Gasteiger partial charge is 0.255 e. The van der Waals surface area contributed by atoms with Gasteiger partial charge in [-0.05, 0) is 40.9 Å². The molecule has 1 aliphatic heterocycles. The van der Waals surface area contributed by atoms with Crippen LogP contribution in [0.15, 0.2) is 28.7 Å². The minimum absolute atomic E-state index is 0.166. The van der Waals surface area contributed by atoms with Gasteiger partial charge in [-0.15, -0.1) is 0 Å². The van der Waals surface area contributed by atoms with E-state index < -0.39 is 15.3 Å². The largest absolute Gasteiger partial charge is 0.337 e. The molecule has 1 heterocycles. The zero-order valence-electron chi connectivity index (χ0n) is 10.3. The third kappa shape index (κ3) is 3.34. The van der Waals surface area contributed by atoms with Gasteiger partial charge in [0.15, 0.2) is 0 Å². The number of piperidine rings is 1. The van der Waals surface area contributed by atoms with Gasteiger partial charge in [0, 0.05) is 17.6 Å². The predicted octanol–water partition coefficient (Wildman–Crippen LogP) is 1.34. The predicted molar refractivity (Wildman–Crippen MR) is 76.2 cm³/mol. The summed E-state index contributed by atoms with van der Waals surface area (Å²) >= 11 is 3.33. The van der Waals surface area contributed by atoms with E-state index in [4.69, 9.17) is 5.14 Å². The van der Waals surface area contributed by atoms with E-state index in [-0.39, 0.29) is 12.5 Å². The normalized spacial score (nSPS) is 20.3. The summed E-state index contributed by atoms with van der Waals surface area (Å²) in [5.41, 5.74) is 0.539. The SMILES string of the molecule is NS(=O)(=O)C1CCCN(C(=O)c2ccccc2Br)C1. The molecule has 1 fully saturated rings. The molecular weight excluding hydrogens is 332 g/mol. The maximum absolute atomic E-state index is 12.4. The molecule has 1 aliphatic rings. The van der Waals surface area contributed by atoms with Crippen LogP contribution in [0.2, 0.25) is 0 Å². The number of rotatable bonds is 2. The highest BCUT2D eigenvalue weighted by Crippen LogP contribution is 2.21. The fraction of sp³-hybridized carbons (Fsp3) is 0.417. The van der Waals surface area contributed by atoms with Crippen LogP contribution >= 0.6 is 15.9 Å². The summed E-state index contributed by atoms with van der Waals surface area (Å²) in [6, 6.07) is 7.10. The van der Waals surface area contributed by atoms with Crippen LogP contribution < -0.4 is 5.14 Å². The van der Waals surface area contributed by atoms with Gasteiger partial charge < -0.3 is 4.90 Å². The van der Waals surface area contributed by atoms with E-state index in [1.54, 1.807) is 23.1 Å². The second-order valence-electron chi connectivity index (χ2n) is 4.58. The highest BCUT2D eigenvalue weighted by molar-refractivity contribution is 9.10. The highest BCUT2D eigenvalue weighted by Gasteiger charge is 2.31. The molecule has 19 heavy (non-hydrogen) atoms. The van der Waals surface area contributed by atoms with Gasteiger partial charge in [-0.2, -0.15) is 0 Å². The van der Waals surface area contributed by atoms with E-state index in [1.807, 2.05) is 6.07 Å². The molecule has 0 spiro atoms. The summed E-state index contributed by atoms with van der Waals surface area (Å²) in [5.74, 6) is -0.166. The zero-order chi connectivity index (χ0) is 14.0. The van der Waals surface area contributed by atoms with Gasteiger partial charge in [-0.3, -0.25) is 4.79 Å². The van der Waals surface area contributed by atoms with Gasteiger partial charge in [-0.1, -0.05) is 12.1 Å². The number of nitrogens with zero attached hydrogens (tertiary/aromatic N) is 1. The number of likely N-dealkylation sites (tertiary alicyclic amines) is 1. The summed E-state index contributed by atoms with van der Waals surface area (Å²) in [4.78, 5) is 13.9. The van der Waals surface area contributed by atoms with Crippen LogP contribution in [-0.4, -0.2) is 37.6 Å². The average Bonchev–Trinajstić information content (AvgIpc) is 2.38. The molecule has 0 bridgehead atoms. The second kappa shape index (κ2) is 5.60. The van der Waals surface area contributed by atoms with Crippen molar-refractivity contribution in [1.29, 1.82) is 0 Å². The van der Waals surface area contributed by atoms with E-state index >= 15 is 0 Å². The number of hydrogen-bond acceptors (Lipinski definition) is 3. The van der Waals surface area contributed by atoms with Crippen molar-refractivity contribution < 1.29 is 13.2 Å². The standard InChI is InChI=1S/C12H15BrN2O3S/c13-11-6-2-1-5-10(11)12(16)15-7-3-4-9(8-15)19(14,17)18/h1-2,5-6,9H,3-4,7-8H2,(H2,14,17,18). The van der Waals surface area contributed by atoms with Gasteiger partial charge in [0.1, 0.15) is 0 Å². The summed E-state index contributed by atoms with van der Waals surface area (Å²) in [6.45, 7) is 0.727. The van der Waals surface area contributed by atoms with Crippen LogP contribution in [-0.2, 0) is 10.0 Å². The number of primary sulfonamides is 1. The third-order valence-corrected chi connectivity index (χ3v) is 5.24. The Hall–Kier alpha value is -0.920.